The topological polar surface area (TPSA) is 72.7 Å². The summed E-state index contributed by atoms with van der Waals surface area (Å²) in [6.07, 6.45) is 3.38. The van der Waals surface area contributed by atoms with E-state index in [1.807, 2.05) is 48.5 Å². The van der Waals surface area contributed by atoms with E-state index >= 15 is 0 Å². The maximum Gasteiger partial charge on any atom is 0.274 e. The largest absolute Gasteiger partial charge is 0.346 e. The molecule has 4 rings (SSSR count). The van der Waals surface area contributed by atoms with Crippen molar-refractivity contribution in [2.75, 3.05) is 0 Å². The number of hydrogen-bond donors (Lipinski definition) is 1. The van der Waals surface area contributed by atoms with Crippen LogP contribution in [-0.2, 0) is 6.54 Å². The van der Waals surface area contributed by atoms with Crippen molar-refractivity contribution in [2.24, 2.45) is 0 Å². The highest BCUT2D eigenvalue weighted by Gasteiger charge is 2.22. The third-order valence-corrected chi connectivity index (χ3v) is 4.86. The minimum Gasteiger partial charge on any atom is -0.346 e. The van der Waals surface area contributed by atoms with Gasteiger partial charge in [0.2, 0.25) is 0 Å². The Morgan fingerprint density at radius 2 is 1.72 bits per heavy atom. The van der Waals surface area contributed by atoms with Gasteiger partial charge in [0.15, 0.2) is 5.69 Å². The van der Waals surface area contributed by atoms with Crippen LogP contribution >= 0.6 is 0 Å². The van der Waals surface area contributed by atoms with Crippen LogP contribution in [0.15, 0.2) is 73.1 Å². The molecule has 29 heavy (non-hydrogen) atoms. The first-order valence-corrected chi connectivity index (χ1v) is 9.39. The van der Waals surface area contributed by atoms with Gasteiger partial charge in [-0.05, 0) is 54.8 Å². The van der Waals surface area contributed by atoms with Gasteiger partial charge in [0.25, 0.3) is 5.91 Å². The van der Waals surface area contributed by atoms with Gasteiger partial charge in [-0.2, -0.15) is 0 Å². The first-order chi connectivity index (χ1) is 14.1. The average molecular weight is 383 g/mol. The van der Waals surface area contributed by atoms with Gasteiger partial charge in [0.05, 0.1) is 5.69 Å². The van der Waals surface area contributed by atoms with Crippen molar-refractivity contribution in [2.45, 2.75) is 20.4 Å². The lowest BCUT2D eigenvalue weighted by Crippen LogP contribution is -2.24. The highest BCUT2D eigenvalue weighted by molar-refractivity contribution is 5.98. The molecule has 2 aromatic carbocycles. The quantitative estimate of drug-likeness (QED) is 0.568. The van der Waals surface area contributed by atoms with Gasteiger partial charge < -0.3 is 5.32 Å². The smallest absolute Gasteiger partial charge is 0.274 e. The van der Waals surface area contributed by atoms with Gasteiger partial charge in [-0.1, -0.05) is 41.6 Å². The second-order valence-electron chi connectivity index (χ2n) is 6.87. The van der Waals surface area contributed by atoms with E-state index in [0.717, 1.165) is 16.8 Å². The molecule has 2 aromatic heterocycles. The van der Waals surface area contributed by atoms with Crippen LogP contribution in [0.2, 0.25) is 0 Å². The van der Waals surface area contributed by atoms with Gasteiger partial charge >= 0.3 is 0 Å². The van der Waals surface area contributed by atoms with E-state index in [2.05, 4.69) is 46.6 Å². The third-order valence-electron chi connectivity index (χ3n) is 4.86. The standard InChI is InChI=1S/C23H21N5O/c1-16-8-9-18(14-17(16)2)15-25-23(29)21-22(19-10-12-24-13-11-19)28(27-26-21)20-6-4-3-5-7-20/h3-14H,15H2,1-2H3,(H,25,29). The van der Waals surface area contributed by atoms with Crippen molar-refractivity contribution in [3.05, 3.63) is 95.4 Å². The molecule has 0 saturated heterocycles. The zero-order valence-corrected chi connectivity index (χ0v) is 16.3. The molecule has 2 heterocycles. The van der Waals surface area contributed by atoms with Gasteiger partial charge in [0, 0.05) is 24.5 Å². The molecule has 1 N–H and O–H groups in total. The molecule has 0 radical (unpaired) electrons. The molecular weight excluding hydrogens is 362 g/mol. The van der Waals surface area contributed by atoms with E-state index in [1.54, 1.807) is 17.1 Å². The molecule has 0 aliphatic rings. The first kappa shape index (κ1) is 18.6. The van der Waals surface area contributed by atoms with E-state index in [4.69, 9.17) is 0 Å². The van der Waals surface area contributed by atoms with Crippen molar-refractivity contribution in [1.82, 2.24) is 25.3 Å². The molecule has 6 nitrogen and oxygen atoms in total. The molecule has 0 unspecified atom stereocenters. The Balaban J connectivity index is 1.67. The number of nitrogens with one attached hydrogen (secondary N) is 1. The Labute approximate surface area is 169 Å². The Bertz CT molecular complexity index is 1140. The summed E-state index contributed by atoms with van der Waals surface area (Å²) >= 11 is 0. The summed E-state index contributed by atoms with van der Waals surface area (Å²) in [5.74, 6) is -0.266. The predicted octanol–water partition coefficient (Wildman–Crippen LogP) is 3.88. The van der Waals surface area contributed by atoms with Crippen molar-refractivity contribution in [3.8, 4) is 16.9 Å². The van der Waals surface area contributed by atoms with Gasteiger partial charge in [-0.25, -0.2) is 4.68 Å². The summed E-state index contributed by atoms with van der Waals surface area (Å²) in [6, 6.07) is 19.5. The summed E-state index contributed by atoms with van der Waals surface area (Å²) in [5, 5.41) is 11.4. The molecule has 6 heteroatoms. The lowest BCUT2D eigenvalue weighted by atomic mass is 10.1. The number of aryl methyl sites for hydroxylation is 2. The summed E-state index contributed by atoms with van der Waals surface area (Å²) in [6.45, 7) is 4.56. The number of carbonyl (C=O) groups excluding carboxylic acids is 1. The number of nitrogens with zero attached hydrogens (tertiary/aromatic N) is 4. The van der Waals surface area contributed by atoms with E-state index in [-0.39, 0.29) is 11.6 Å². The van der Waals surface area contributed by atoms with E-state index in [9.17, 15) is 4.79 Å². The normalized spacial score (nSPS) is 10.7. The van der Waals surface area contributed by atoms with Crippen molar-refractivity contribution < 1.29 is 4.79 Å². The molecule has 144 valence electrons. The lowest BCUT2D eigenvalue weighted by Gasteiger charge is -2.09. The number of pyridine rings is 1. The van der Waals surface area contributed by atoms with Crippen LogP contribution in [0.5, 0.6) is 0 Å². The maximum atomic E-state index is 13.0. The summed E-state index contributed by atoms with van der Waals surface area (Å²) in [4.78, 5) is 17.0. The molecule has 0 bridgehead atoms. The SMILES string of the molecule is Cc1ccc(CNC(=O)c2nnn(-c3ccccc3)c2-c2ccncc2)cc1C. The van der Waals surface area contributed by atoms with E-state index in [1.165, 1.54) is 11.1 Å². The monoisotopic (exact) mass is 383 g/mol. The highest BCUT2D eigenvalue weighted by Crippen LogP contribution is 2.24. The van der Waals surface area contributed by atoms with Crippen molar-refractivity contribution in [1.29, 1.82) is 0 Å². The molecule has 1 amide bonds. The van der Waals surface area contributed by atoms with Crippen molar-refractivity contribution in [3.63, 3.8) is 0 Å². The van der Waals surface area contributed by atoms with Crippen molar-refractivity contribution >= 4 is 5.91 Å². The summed E-state index contributed by atoms with van der Waals surface area (Å²) in [7, 11) is 0. The second-order valence-corrected chi connectivity index (χ2v) is 6.87. The van der Waals surface area contributed by atoms with E-state index < -0.39 is 0 Å². The maximum absolute atomic E-state index is 13.0. The van der Waals surface area contributed by atoms with Crippen LogP contribution in [0.1, 0.15) is 27.2 Å². The molecule has 0 spiro atoms. The molecule has 0 fully saturated rings. The Morgan fingerprint density at radius 3 is 2.45 bits per heavy atom. The van der Waals surface area contributed by atoms with Crippen LogP contribution in [0, 0.1) is 13.8 Å². The molecule has 0 saturated carbocycles. The average Bonchev–Trinajstić information content (AvgIpc) is 3.21. The zero-order chi connectivity index (χ0) is 20.2. The van der Waals surface area contributed by atoms with Crippen LogP contribution in [0.25, 0.3) is 16.9 Å². The van der Waals surface area contributed by atoms with Crippen LogP contribution < -0.4 is 5.32 Å². The lowest BCUT2D eigenvalue weighted by molar-refractivity contribution is 0.0946. The van der Waals surface area contributed by atoms with Crippen LogP contribution in [0.3, 0.4) is 0 Å². The number of para-hydroxylation sites is 1. The summed E-state index contributed by atoms with van der Waals surface area (Å²) in [5.41, 5.74) is 6.04. The second kappa shape index (κ2) is 8.06. The fourth-order valence-electron chi connectivity index (χ4n) is 3.13. The third kappa shape index (κ3) is 3.91. The Kier molecular flexibility index (Phi) is 5.16. The molecule has 4 aromatic rings. The number of aromatic nitrogens is 4. The fraction of sp³-hybridized carbons (Fsp3) is 0.130. The molecule has 0 aliphatic carbocycles. The number of benzene rings is 2. The van der Waals surface area contributed by atoms with Crippen LogP contribution in [0.4, 0.5) is 0 Å². The summed E-state index contributed by atoms with van der Waals surface area (Å²) < 4.78 is 1.68. The predicted molar refractivity (Wildman–Crippen MR) is 112 cm³/mol. The van der Waals surface area contributed by atoms with E-state index in [0.29, 0.717) is 12.2 Å². The number of rotatable bonds is 5. The molecular formula is C23H21N5O. The highest BCUT2D eigenvalue weighted by atomic mass is 16.2. The Morgan fingerprint density at radius 1 is 0.966 bits per heavy atom. The Hall–Kier alpha value is -3.80. The first-order valence-electron chi connectivity index (χ1n) is 9.39. The number of hydrogen-bond acceptors (Lipinski definition) is 4. The number of carbonyl (C=O) groups is 1. The minimum absolute atomic E-state index is 0.266. The van der Waals surface area contributed by atoms with Crippen LogP contribution in [-0.4, -0.2) is 25.9 Å². The fourth-order valence-corrected chi connectivity index (χ4v) is 3.13. The zero-order valence-electron chi connectivity index (χ0n) is 16.3. The van der Waals surface area contributed by atoms with Gasteiger partial charge in [0.1, 0.15) is 5.69 Å². The molecule has 0 atom stereocenters. The van der Waals surface area contributed by atoms with Gasteiger partial charge in [-0.3, -0.25) is 9.78 Å². The minimum atomic E-state index is -0.266. The number of amides is 1. The molecule has 0 aliphatic heterocycles. The van der Waals surface area contributed by atoms with Gasteiger partial charge in [-0.15, -0.1) is 5.10 Å².